The van der Waals surface area contributed by atoms with E-state index >= 15 is 0 Å². The lowest BCUT2D eigenvalue weighted by molar-refractivity contribution is -0.125. The van der Waals surface area contributed by atoms with Gasteiger partial charge in [-0.1, -0.05) is 24.6 Å². The molecule has 1 aromatic rings. The second-order valence-corrected chi connectivity index (χ2v) is 6.98. The molecule has 0 bridgehead atoms. The van der Waals surface area contributed by atoms with Crippen LogP contribution in [0.3, 0.4) is 0 Å². The first-order valence-corrected chi connectivity index (χ1v) is 9.32. The van der Waals surface area contributed by atoms with Crippen LogP contribution in [0.15, 0.2) is 30.3 Å². The second-order valence-electron chi connectivity index (χ2n) is 6.98. The summed E-state index contributed by atoms with van der Waals surface area (Å²) in [6.07, 6.45) is 5.02. The van der Waals surface area contributed by atoms with Gasteiger partial charge >= 0.3 is 0 Å². The van der Waals surface area contributed by atoms with Gasteiger partial charge in [-0.25, -0.2) is 0 Å². The SMILES string of the molecule is O=C(CN1CCC(NC(=O)C2CCCCN2)CC1)Nc1ccccc1. The third-order valence-corrected chi connectivity index (χ3v) is 4.99. The van der Waals surface area contributed by atoms with Crippen LogP contribution in [0.1, 0.15) is 32.1 Å². The zero-order valence-corrected chi connectivity index (χ0v) is 14.7. The van der Waals surface area contributed by atoms with Crippen LogP contribution in [0, 0.1) is 0 Å². The first kappa shape index (κ1) is 17.9. The molecule has 2 amide bonds. The summed E-state index contributed by atoms with van der Waals surface area (Å²) < 4.78 is 0. The number of carbonyl (C=O) groups is 2. The topological polar surface area (TPSA) is 73.5 Å². The lowest BCUT2D eigenvalue weighted by Gasteiger charge is -2.33. The van der Waals surface area contributed by atoms with Crippen LogP contribution < -0.4 is 16.0 Å². The molecule has 1 unspecified atom stereocenters. The summed E-state index contributed by atoms with van der Waals surface area (Å²) in [6, 6.07) is 9.72. The molecular formula is C19H28N4O2. The first-order valence-electron chi connectivity index (χ1n) is 9.32. The molecule has 0 spiro atoms. The summed E-state index contributed by atoms with van der Waals surface area (Å²) in [5.74, 6) is 0.153. The molecule has 2 fully saturated rings. The van der Waals surface area contributed by atoms with E-state index < -0.39 is 0 Å². The van der Waals surface area contributed by atoms with Gasteiger partial charge in [0.05, 0.1) is 12.6 Å². The minimum Gasteiger partial charge on any atom is -0.352 e. The molecule has 2 saturated heterocycles. The second kappa shape index (κ2) is 8.97. The molecule has 2 aliphatic rings. The van der Waals surface area contributed by atoms with Gasteiger partial charge in [0.15, 0.2) is 0 Å². The third-order valence-electron chi connectivity index (χ3n) is 4.99. The minimum absolute atomic E-state index is 0.0140. The Kier molecular flexibility index (Phi) is 6.42. The molecule has 0 radical (unpaired) electrons. The van der Waals surface area contributed by atoms with Gasteiger partial charge in [-0.15, -0.1) is 0 Å². The summed E-state index contributed by atoms with van der Waals surface area (Å²) in [5.41, 5.74) is 0.828. The molecule has 1 aromatic carbocycles. The quantitative estimate of drug-likeness (QED) is 0.754. The molecule has 2 aliphatic heterocycles. The smallest absolute Gasteiger partial charge is 0.238 e. The molecule has 2 heterocycles. The van der Waals surface area contributed by atoms with Gasteiger partial charge in [0.1, 0.15) is 0 Å². The van der Waals surface area contributed by atoms with E-state index in [9.17, 15) is 9.59 Å². The molecule has 3 N–H and O–H groups in total. The fourth-order valence-electron chi connectivity index (χ4n) is 3.54. The number of rotatable bonds is 5. The lowest BCUT2D eigenvalue weighted by Crippen LogP contribution is -2.52. The molecule has 25 heavy (non-hydrogen) atoms. The van der Waals surface area contributed by atoms with Crippen LogP contribution >= 0.6 is 0 Å². The number of benzene rings is 1. The molecule has 136 valence electrons. The van der Waals surface area contributed by atoms with E-state index in [0.717, 1.165) is 57.4 Å². The highest BCUT2D eigenvalue weighted by molar-refractivity contribution is 5.92. The molecule has 0 aliphatic carbocycles. The Morgan fingerprint density at radius 2 is 1.84 bits per heavy atom. The van der Waals surface area contributed by atoms with Gasteiger partial charge in [-0.3, -0.25) is 14.5 Å². The van der Waals surface area contributed by atoms with E-state index in [-0.39, 0.29) is 23.9 Å². The fraction of sp³-hybridized carbons (Fsp3) is 0.579. The standard InChI is InChI=1S/C19H28N4O2/c24-18(21-15-6-2-1-3-7-15)14-23-12-9-16(10-13-23)22-19(25)17-8-4-5-11-20-17/h1-3,6-7,16-17,20H,4-5,8-14H2,(H,21,24)(H,22,25). The van der Waals surface area contributed by atoms with E-state index in [2.05, 4.69) is 20.9 Å². The van der Waals surface area contributed by atoms with Crippen molar-refractivity contribution in [3.63, 3.8) is 0 Å². The number of para-hydroxylation sites is 1. The lowest BCUT2D eigenvalue weighted by atomic mass is 10.0. The van der Waals surface area contributed by atoms with Gasteiger partial charge < -0.3 is 16.0 Å². The van der Waals surface area contributed by atoms with Crippen molar-refractivity contribution in [2.75, 3.05) is 31.5 Å². The van der Waals surface area contributed by atoms with Gasteiger partial charge in [0.2, 0.25) is 11.8 Å². The average molecular weight is 344 g/mol. The maximum Gasteiger partial charge on any atom is 0.238 e. The maximum absolute atomic E-state index is 12.3. The zero-order chi connectivity index (χ0) is 17.5. The molecule has 0 saturated carbocycles. The van der Waals surface area contributed by atoms with Crippen LogP contribution in [0.2, 0.25) is 0 Å². The molecule has 6 nitrogen and oxygen atoms in total. The fourth-order valence-corrected chi connectivity index (χ4v) is 3.54. The van der Waals surface area contributed by atoms with Gasteiger partial charge in [0, 0.05) is 24.8 Å². The highest BCUT2D eigenvalue weighted by Crippen LogP contribution is 2.13. The van der Waals surface area contributed by atoms with Crippen LogP contribution in [-0.4, -0.2) is 55.0 Å². The Morgan fingerprint density at radius 3 is 2.52 bits per heavy atom. The molecule has 6 heteroatoms. The highest BCUT2D eigenvalue weighted by atomic mass is 16.2. The van der Waals surface area contributed by atoms with E-state index in [4.69, 9.17) is 0 Å². The highest BCUT2D eigenvalue weighted by Gasteiger charge is 2.26. The van der Waals surface area contributed by atoms with E-state index in [1.807, 2.05) is 30.3 Å². The number of carbonyl (C=O) groups excluding carboxylic acids is 2. The van der Waals surface area contributed by atoms with Crippen molar-refractivity contribution in [1.29, 1.82) is 0 Å². The van der Waals surface area contributed by atoms with Crippen molar-refractivity contribution < 1.29 is 9.59 Å². The Hall–Kier alpha value is -1.92. The number of hydrogen-bond donors (Lipinski definition) is 3. The first-order chi connectivity index (χ1) is 12.2. The van der Waals surface area contributed by atoms with Gasteiger partial charge in [0.25, 0.3) is 0 Å². The monoisotopic (exact) mass is 344 g/mol. The number of anilines is 1. The van der Waals surface area contributed by atoms with Crippen LogP contribution in [0.4, 0.5) is 5.69 Å². The number of nitrogens with zero attached hydrogens (tertiary/aromatic N) is 1. The Balaban J connectivity index is 1.36. The Labute approximate surface area is 149 Å². The van der Waals surface area contributed by atoms with Gasteiger partial charge in [-0.2, -0.15) is 0 Å². The number of hydrogen-bond acceptors (Lipinski definition) is 4. The summed E-state index contributed by atoms with van der Waals surface area (Å²) in [4.78, 5) is 26.5. The van der Waals surface area contributed by atoms with Crippen LogP contribution in [0.25, 0.3) is 0 Å². The van der Waals surface area contributed by atoms with Crippen LogP contribution in [-0.2, 0) is 9.59 Å². The predicted molar refractivity (Wildman–Crippen MR) is 98.3 cm³/mol. The van der Waals surface area contributed by atoms with E-state index in [0.29, 0.717) is 6.54 Å². The van der Waals surface area contributed by atoms with Crippen molar-refractivity contribution in [1.82, 2.24) is 15.5 Å². The van der Waals surface area contributed by atoms with E-state index in [1.165, 1.54) is 0 Å². The van der Waals surface area contributed by atoms with E-state index in [1.54, 1.807) is 0 Å². The summed E-state index contributed by atoms with van der Waals surface area (Å²) in [6.45, 7) is 3.02. The predicted octanol–water partition coefficient (Wildman–Crippen LogP) is 1.35. The number of piperidine rings is 2. The Bertz CT molecular complexity index is 564. The number of amides is 2. The molecule has 0 aromatic heterocycles. The van der Waals surface area contributed by atoms with Gasteiger partial charge in [-0.05, 0) is 44.4 Å². The minimum atomic E-state index is -0.0246. The summed E-state index contributed by atoms with van der Waals surface area (Å²) in [7, 11) is 0. The number of nitrogens with one attached hydrogen (secondary N) is 3. The normalized spacial score (nSPS) is 22.3. The molecule has 3 rings (SSSR count). The Morgan fingerprint density at radius 1 is 1.08 bits per heavy atom. The van der Waals surface area contributed by atoms with Crippen molar-refractivity contribution in [3.05, 3.63) is 30.3 Å². The molecule has 1 atom stereocenters. The average Bonchev–Trinajstić information content (AvgIpc) is 2.65. The van der Waals surface area contributed by atoms with Crippen LogP contribution in [0.5, 0.6) is 0 Å². The van der Waals surface area contributed by atoms with Crippen molar-refractivity contribution in [2.24, 2.45) is 0 Å². The summed E-state index contributed by atoms with van der Waals surface area (Å²) >= 11 is 0. The van der Waals surface area contributed by atoms with Crippen molar-refractivity contribution in [3.8, 4) is 0 Å². The van der Waals surface area contributed by atoms with Crippen molar-refractivity contribution >= 4 is 17.5 Å². The van der Waals surface area contributed by atoms with Crippen molar-refractivity contribution in [2.45, 2.75) is 44.2 Å². The largest absolute Gasteiger partial charge is 0.352 e. The molecular weight excluding hydrogens is 316 g/mol. The third kappa shape index (κ3) is 5.54. The summed E-state index contributed by atoms with van der Waals surface area (Å²) in [5, 5.41) is 9.38. The number of likely N-dealkylation sites (tertiary alicyclic amines) is 1. The maximum atomic E-state index is 12.3. The zero-order valence-electron chi connectivity index (χ0n) is 14.7.